The highest BCUT2D eigenvalue weighted by Gasteiger charge is 2.15. The number of rotatable bonds is 13. The number of hydrogen-bond acceptors (Lipinski definition) is 9. The maximum absolute atomic E-state index is 11.2. The molecule has 0 fully saturated rings. The van der Waals surface area contributed by atoms with E-state index in [2.05, 4.69) is 34.1 Å². The molecule has 2 heterocycles. The molecule has 4 rings (SSSR count). The third-order valence-corrected chi connectivity index (χ3v) is 6.22. The third-order valence-electron chi connectivity index (χ3n) is 6.22. The zero-order valence-electron chi connectivity index (χ0n) is 22.7. The molecule has 0 bridgehead atoms. The van der Waals surface area contributed by atoms with E-state index in [1.165, 1.54) is 0 Å². The molecule has 11 heteroatoms. The Morgan fingerprint density at radius 3 is 2.51 bits per heavy atom. The molecule has 0 radical (unpaired) electrons. The van der Waals surface area contributed by atoms with Crippen molar-refractivity contribution in [2.24, 2.45) is 0 Å². The van der Waals surface area contributed by atoms with Crippen molar-refractivity contribution in [2.45, 2.75) is 39.3 Å². The average Bonchev–Trinajstić information content (AvgIpc) is 3.43. The van der Waals surface area contributed by atoms with Gasteiger partial charge in [0.05, 0.1) is 43.3 Å². The second-order valence-corrected chi connectivity index (χ2v) is 9.39. The van der Waals surface area contributed by atoms with Gasteiger partial charge in [0.15, 0.2) is 0 Å². The summed E-state index contributed by atoms with van der Waals surface area (Å²) < 4.78 is 12.8. The monoisotopic (exact) mass is 533 g/mol. The third kappa shape index (κ3) is 7.21. The Bertz CT molecular complexity index is 1380. The van der Waals surface area contributed by atoms with Crippen LogP contribution in [0.25, 0.3) is 22.3 Å². The van der Waals surface area contributed by atoms with Gasteiger partial charge in [-0.2, -0.15) is 5.10 Å². The summed E-state index contributed by atoms with van der Waals surface area (Å²) in [6.07, 6.45) is 6.12. The highest BCUT2D eigenvalue weighted by Crippen LogP contribution is 2.34. The van der Waals surface area contributed by atoms with Gasteiger partial charge in [-0.3, -0.25) is 19.7 Å². The summed E-state index contributed by atoms with van der Waals surface area (Å²) in [4.78, 5) is 23.0. The zero-order chi connectivity index (χ0) is 27.8. The quantitative estimate of drug-likeness (QED) is 0.173. The summed E-state index contributed by atoms with van der Waals surface area (Å²) >= 11 is 0. The maximum Gasteiger partial charge on any atom is 0.243 e. The Kier molecular flexibility index (Phi) is 9.29. The van der Waals surface area contributed by atoms with E-state index in [1.807, 2.05) is 42.6 Å². The normalized spacial score (nSPS) is 11.1. The molecule has 2 aromatic carbocycles. The van der Waals surface area contributed by atoms with Crippen LogP contribution in [0.15, 0.2) is 55.0 Å². The molecule has 3 N–H and O–H groups in total. The first kappa shape index (κ1) is 27.8. The lowest BCUT2D eigenvalue weighted by atomic mass is 10.2. The van der Waals surface area contributed by atoms with E-state index in [0.29, 0.717) is 42.7 Å². The number of aromatic nitrogens is 4. The Morgan fingerprint density at radius 1 is 1.05 bits per heavy atom. The summed E-state index contributed by atoms with van der Waals surface area (Å²) in [6, 6.07) is 12.2. The van der Waals surface area contributed by atoms with Crippen molar-refractivity contribution in [3.05, 3.63) is 55.0 Å². The van der Waals surface area contributed by atoms with Crippen molar-refractivity contribution in [1.29, 1.82) is 0 Å². The van der Waals surface area contributed by atoms with Crippen molar-refractivity contribution in [3.63, 3.8) is 0 Å². The number of nitrogens with zero attached hydrogens (tertiary/aromatic N) is 5. The highest BCUT2D eigenvalue weighted by atomic mass is 16.5. The molecular formula is C28H35N7O4. The molecule has 0 spiro atoms. The number of anilines is 2. The van der Waals surface area contributed by atoms with Gasteiger partial charge in [0.1, 0.15) is 11.5 Å². The number of carbonyl (C=O) groups excluding carboxylic acids is 1. The predicted molar refractivity (Wildman–Crippen MR) is 150 cm³/mol. The van der Waals surface area contributed by atoms with Crippen LogP contribution < -0.4 is 25.2 Å². The van der Waals surface area contributed by atoms with Gasteiger partial charge in [0, 0.05) is 73.4 Å². The minimum absolute atomic E-state index is 0.215. The van der Waals surface area contributed by atoms with Gasteiger partial charge < -0.3 is 19.7 Å². The van der Waals surface area contributed by atoms with E-state index in [-0.39, 0.29) is 6.42 Å². The molecule has 0 saturated carbocycles. The number of ether oxygens (including phenoxy) is 2. The van der Waals surface area contributed by atoms with Gasteiger partial charge in [0.2, 0.25) is 5.91 Å². The largest absolute Gasteiger partial charge is 0.497 e. The number of methoxy groups -OCH3 is 2. The average molecular weight is 534 g/mol. The fourth-order valence-electron chi connectivity index (χ4n) is 4.20. The van der Waals surface area contributed by atoms with Crippen LogP contribution in [-0.4, -0.2) is 64.2 Å². The molecular weight excluding hydrogens is 498 g/mol. The van der Waals surface area contributed by atoms with Gasteiger partial charge in [-0.15, -0.1) is 0 Å². The smallest absolute Gasteiger partial charge is 0.243 e. The molecule has 0 aliphatic heterocycles. The number of fused-ring (bicyclic) bond motifs is 1. The van der Waals surface area contributed by atoms with Crippen LogP contribution in [0.4, 0.5) is 11.4 Å². The number of nitrogens with one attached hydrogen (secondary N) is 2. The summed E-state index contributed by atoms with van der Waals surface area (Å²) in [5.74, 6) is 1.01. The second-order valence-electron chi connectivity index (χ2n) is 9.39. The van der Waals surface area contributed by atoms with Gasteiger partial charge in [-0.25, -0.2) is 10.5 Å². The van der Waals surface area contributed by atoms with Crippen LogP contribution in [0.2, 0.25) is 0 Å². The van der Waals surface area contributed by atoms with E-state index in [9.17, 15) is 4.79 Å². The van der Waals surface area contributed by atoms with Crippen molar-refractivity contribution in [2.75, 3.05) is 32.2 Å². The number of benzene rings is 2. The summed E-state index contributed by atoms with van der Waals surface area (Å²) in [7, 11) is 3.29. The standard InChI is InChI=1S/C28H35N7O4/c1-19(2)29-9-11-35(22-12-23(38-3)15-24(13-22)39-4)21-7-8-25-26(14-21)32-27(17-30-25)20-16-31-34(18-20)10-5-6-28(36)33-37/h7-8,12-19,29,37H,5-6,9-11H2,1-4H3,(H,33,36). The van der Waals surface area contributed by atoms with Gasteiger partial charge in [0.25, 0.3) is 0 Å². The number of aryl methyl sites for hydroxylation is 1. The summed E-state index contributed by atoms with van der Waals surface area (Å²) in [5.41, 5.74) is 6.63. The number of carbonyl (C=O) groups is 1. The SMILES string of the molecule is COc1cc(OC)cc(N(CCNC(C)C)c2ccc3ncc(-c4cnn(CCCC(=O)NO)c4)nc3c2)c1. The summed E-state index contributed by atoms with van der Waals surface area (Å²) in [6.45, 7) is 6.29. The molecule has 2 aromatic heterocycles. The van der Waals surface area contributed by atoms with E-state index in [0.717, 1.165) is 34.5 Å². The Balaban J connectivity index is 1.63. The fourth-order valence-corrected chi connectivity index (χ4v) is 4.20. The highest BCUT2D eigenvalue weighted by molar-refractivity contribution is 5.82. The molecule has 0 unspecified atom stereocenters. The van der Waals surface area contributed by atoms with E-state index < -0.39 is 5.91 Å². The fraction of sp³-hybridized carbons (Fsp3) is 0.357. The van der Waals surface area contributed by atoms with E-state index in [1.54, 1.807) is 36.8 Å². The van der Waals surface area contributed by atoms with E-state index in [4.69, 9.17) is 19.7 Å². The molecule has 1 amide bonds. The molecule has 0 saturated heterocycles. The van der Waals surface area contributed by atoms with Gasteiger partial charge >= 0.3 is 0 Å². The maximum atomic E-state index is 11.2. The first-order valence-corrected chi connectivity index (χ1v) is 12.9. The lowest BCUT2D eigenvalue weighted by Crippen LogP contribution is -2.32. The van der Waals surface area contributed by atoms with E-state index >= 15 is 0 Å². The molecule has 11 nitrogen and oxygen atoms in total. The van der Waals surface area contributed by atoms with Gasteiger partial charge in [-0.05, 0) is 24.6 Å². The van der Waals surface area contributed by atoms with Crippen LogP contribution in [0.3, 0.4) is 0 Å². The van der Waals surface area contributed by atoms with Crippen molar-refractivity contribution >= 4 is 28.3 Å². The first-order chi connectivity index (χ1) is 18.9. The lowest BCUT2D eigenvalue weighted by Gasteiger charge is -2.27. The number of amides is 1. The molecule has 0 aliphatic carbocycles. The molecule has 0 aliphatic rings. The topological polar surface area (TPSA) is 127 Å². The molecule has 4 aromatic rings. The van der Waals surface area contributed by atoms with Crippen LogP contribution in [0, 0.1) is 0 Å². The van der Waals surface area contributed by atoms with Crippen LogP contribution in [-0.2, 0) is 11.3 Å². The van der Waals surface area contributed by atoms with Gasteiger partial charge in [-0.1, -0.05) is 13.8 Å². The number of hydrogen-bond donors (Lipinski definition) is 3. The first-order valence-electron chi connectivity index (χ1n) is 12.9. The van der Waals surface area contributed by atoms with Crippen LogP contribution in [0.5, 0.6) is 11.5 Å². The molecule has 0 atom stereocenters. The molecule has 206 valence electrons. The van der Waals surface area contributed by atoms with Crippen molar-refractivity contribution in [1.82, 2.24) is 30.5 Å². The summed E-state index contributed by atoms with van der Waals surface area (Å²) in [5, 5.41) is 16.5. The Labute approximate surface area is 227 Å². The lowest BCUT2D eigenvalue weighted by molar-refractivity contribution is -0.129. The Morgan fingerprint density at radius 2 is 1.82 bits per heavy atom. The zero-order valence-corrected chi connectivity index (χ0v) is 22.7. The molecule has 39 heavy (non-hydrogen) atoms. The van der Waals surface area contributed by atoms with Crippen molar-refractivity contribution < 1.29 is 19.5 Å². The minimum atomic E-state index is -0.417. The van der Waals surface area contributed by atoms with Crippen molar-refractivity contribution in [3.8, 4) is 22.8 Å². The van der Waals surface area contributed by atoms with Crippen LogP contribution >= 0.6 is 0 Å². The predicted octanol–water partition coefficient (Wildman–Crippen LogP) is 3.93. The second kappa shape index (κ2) is 13.0. The number of hydroxylamine groups is 1. The minimum Gasteiger partial charge on any atom is -0.497 e. The Hall–Kier alpha value is -4.22. The van der Waals surface area contributed by atoms with Crippen LogP contribution in [0.1, 0.15) is 26.7 Å².